The smallest absolute Gasteiger partial charge is 0.317 e. The van der Waals surface area contributed by atoms with Crippen LogP contribution < -0.4 is 10.2 Å². The monoisotopic (exact) mass is 326 g/mol. The molecule has 0 saturated carbocycles. The first kappa shape index (κ1) is 15.0. The lowest BCUT2D eigenvalue weighted by molar-refractivity contribution is 0.189. The summed E-state index contributed by atoms with van der Waals surface area (Å²) in [7, 11) is 0. The highest BCUT2D eigenvalue weighted by atomic mass is 16.2. The number of hydrogen-bond donors (Lipinski definition) is 1. The average molecular weight is 326 g/mol. The number of nitrogens with zero attached hydrogens (tertiary/aromatic N) is 5. The number of rotatable bonds is 3. The molecule has 126 valence electrons. The zero-order valence-electron chi connectivity index (χ0n) is 13.9. The molecule has 2 aromatic rings. The van der Waals surface area contributed by atoms with Crippen LogP contribution in [0.5, 0.6) is 0 Å². The molecule has 2 fully saturated rings. The van der Waals surface area contributed by atoms with Crippen molar-refractivity contribution in [1.29, 1.82) is 0 Å². The summed E-state index contributed by atoms with van der Waals surface area (Å²) < 4.78 is 1.80. The Bertz CT molecular complexity index is 742. The van der Waals surface area contributed by atoms with E-state index in [-0.39, 0.29) is 12.1 Å². The van der Waals surface area contributed by atoms with Crippen LogP contribution in [0, 0.1) is 6.92 Å². The zero-order valence-corrected chi connectivity index (χ0v) is 13.9. The first-order valence-corrected chi connectivity index (χ1v) is 8.49. The number of carbonyl (C=O) groups excluding carboxylic acids is 1. The van der Waals surface area contributed by atoms with Gasteiger partial charge in [0.15, 0.2) is 5.82 Å². The second-order valence-corrected chi connectivity index (χ2v) is 6.48. The molecule has 1 unspecified atom stereocenters. The van der Waals surface area contributed by atoms with Gasteiger partial charge in [-0.3, -0.25) is 0 Å². The molecule has 2 aliphatic heterocycles. The molecular weight excluding hydrogens is 304 g/mol. The predicted octanol–water partition coefficient (Wildman–Crippen LogP) is 1.57. The molecule has 1 atom stereocenters. The standard InChI is InChI=1S/C17H22N6O/c1-13-10-19-23(11-13)16-6-2-5-15(20-16)21-8-3-4-14(12-21)22-9-7-18-17(22)24/h2,5-6,10-11,14H,3-4,7-9,12H2,1H3,(H,18,24). The summed E-state index contributed by atoms with van der Waals surface area (Å²) in [5.74, 6) is 1.77. The Hall–Kier alpha value is -2.57. The fourth-order valence-electron chi connectivity index (χ4n) is 3.51. The highest BCUT2D eigenvalue weighted by Crippen LogP contribution is 2.23. The highest BCUT2D eigenvalue weighted by molar-refractivity contribution is 5.76. The molecule has 4 heterocycles. The number of aromatic nitrogens is 3. The van der Waals surface area contributed by atoms with E-state index in [1.165, 1.54) is 0 Å². The van der Waals surface area contributed by atoms with E-state index in [1.807, 2.05) is 42.4 Å². The molecule has 0 spiro atoms. The second kappa shape index (κ2) is 6.14. The van der Waals surface area contributed by atoms with Crippen LogP contribution in [0.15, 0.2) is 30.6 Å². The average Bonchev–Trinajstić information content (AvgIpc) is 3.23. The Kier molecular flexibility index (Phi) is 3.84. The first-order valence-electron chi connectivity index (χ1n) is 8.49. The largest absolute Gasteiger partial charge is 0.354 e. The van der Waals surface area contributed by atoms with Gasteiger partial charge in [0.1, 0.15) is 5.82 Å². The third-order valence-corrected chi connectivity index (χ3v) is 4.72. The molecule has 0 aromatic carbocycles. The van der Waals surface area contributed by atoms with Crippen molar-refractivity contribution in [3.63, 3.8) is 0 Å². The van der Waals surface area contributed by atoms with Gasteiger partial charge >= 0.3 is 6.03 Å². The van der Waals surface area contributed by atoms with Crippen LogP contribution in [0.25, 0.3) is 5.82 Å². The molecule has 0 bridgehead atoms. The minimum atomic E-state index is 0.0653. The van der Waals surface area contributed by atoms with E-state index in [4.69, 9.17) is 4.98 Å². The molecule has 2 aliphatic rings. The van der Waals surface area contributed by atoms with Crippen LogP contribution in [-0.2, 0) is 0 Å². The summed E-state index contributed by atoms with van der Waals surface area (Å²) >= 11 is 0. The number of carbonyl (C=O) groups is 1. The number of hydrogen-bond acceptors (Lipinski definition) is 4. The summed E-state index contributed by atoms with van der Waals surface area (Å²) in [6.07, 6.45) is 5.93. The highest BCUT2D eigenvalue weighted by Gasteiger charge is 2.31. The van der Waals surface area contributed by atoms with Gasteiger partial charge in [0.25, 0.3) is 0 Å². The molecule has 7 heteroatoms. The van der Waals surface area contributed by atoms with E-state index in [0.29, 0.717) is 0 Å². The van der Waals surface area contributed by atoms with Gasteiger partial charge in [0, 0.05) is 32.4 Å². The number of piperidine rings is 1. The van der Waals surface area contributed by atoms with E-state index in [0.717, 1.165) is 56.2 Å². The zero-order chi connectivity index (χ0) is 16.5. The van der Waals surface area contributed by atoms with E-state index in [1.54, 1.807) is 4.68 Å². The Morgan fingerprint density at radius 3 is 2.88 bits per heavy atom. The van der Waals surface area contributed by atoms with Crippen molar-refractivity contribution in [2.45, 2.75) is 25.8 Å². The van der Waals surface area contributed by atoms with E-state index >= 15 is 0 Å². The third kappa shape index (κ3) is 2.81. The molecule has 0 radical (unpaired) electrons. The van der Waals surface area contributed by atoms with Gasteiger partial charge in [-0.15, -0.1) is 0 Å². The minimum absolute atomic E-state index is 0.0653. The van der Waals surface area contributed by atoms with Crippen molar-refractivity contribution < 1.29 is 4.79 Å². The van der Waals surface area contributed by atoms with Gasteiger partial charge in [0.2, 0.25) is 0 Å². The third-order valence-electron chi connectivity index (χ3n) is 4.72. The van der Waals surface area contributed by atoms with Crippen LogP contribution in [0.4, 0.5) is 10.6 Å². The number of amides is 2. The molecule has 0 aliphatic carbocycles. The Balaban J connectivity index is 1.54. The number of urea groups is 1. The Morgan fingerprint density at radius 1 is 1.25 bits per heavy atom. The normalized spacial score (nSPS) is 21.2. The molecule has 2 saturated heterocycles. The fraction of sp³-hybridized carbons (Fsp3) is 0.471. The van der Waals surface area contributed by atoms with Gasteiger partial charge in [-0.25, -0.2) is 14.5 Å². The van der Waals surface area contributed by atoms with E-state index in [2.05, 4.69) is 15.3 Å². The maximum Gasteiger partial charge on any atom is 0.317 e. The lowest BCUT2D eigenvalue weighted by Crippen LogP contribution is -2.49. The number of nitrogens with one attached hydrogen (secondary N) is 1. The Labute approximate surface area is 141 Å². The summed E-state index contributed by atoms with van der Waals surface area (Å²) in [4.78, 5) is 20.9. The summed E-state index contributed by atoms with van der Waals surface area (Å²) in [6, 6.07) is 6.34. The van der Waals surface area contributed by atoms with Gasteiger partial charge in [-0.05, 0) is 37.5 Å². The maximum atomic E-state index is 11.9. The molecule has 7 nitrogen and oxygen atoms in total. The van der Waals surface area contributed by atoms with Crippen LogP contribution >= 0.6 is 0 Å². The molecule has 2 aromatic heterocycles. The fourth-order valence-corrected chi connectivity index (χ4v) is 3.51. The topological polar surface area (TPSA) is 66.3 Å². The Morgan fingerprint density at radius 2 is 2.12 bits per heavy atom. The number of anilines is 1. The predicted molar refractivity (Wildman–Crippen MR) is 91.4 cm³/mol. The SMILES string of the molecule is Cc1cnn(-c2cccc(N3CCCC(N4CCNC4=O)C3)n2)c1. The van der Waals surface area contributed by atoms with Gasteiger partial charge in [-0.2, -0.15) is 5.10 Å². The molecule has 4 rings (SSSR count). The van der Waals surface area contributed by atoms with Crippen molar-refractivity contribution >= 4 is 11.8 Å². The molecular formula is C17H22N6O. The van der Waals surface area contributed by atoms with Crippen molar-refractivity contribution in [1.82, 2.24) is 25.0 Å². The lowest BCUT2D eigenvalue weighted by atomic mass is 10.0. The quantitative estimate of drug-likeness (QED) is 0.930. The minimum Gasteiger partial charge on any atom is -0.354 e. The van der Waals surface area contributed by atoms with Crippen molar-refractivity contribution in [3.05, 3.63) is 36.2 Å². The van der Waals surface area contributed by atoms with Crippen molar-refractivity contribution in [3.8, 4) is 5.82 Å². The first-order chi connectivity index (χ1) is 11.7. The van der Waals surface area contributed by atoms with Crippen molar-refractivity contribution in [2.75, 3.05) is 31.1 Å². The van der Waals surface area contributed by atoms with Gasteiger partial charge in [0.05, 0.1) is 12.2 Å². The maximum absolute atomic E-state index is 11.9. The van der Waals surface area contributed by atoms with Crippen LogP contribution in [0.3, 0.4) is 0 Å². The molecule has 1 N–H and O–H groups in total. The van der Waals surface area contributed by atoms with E-state index in [9.17, 15) is 4.79 Å². The van der Waals surface area contributed by atoms with Gasteiger partial charge < -0.3 is 15.1 Å². The molecule has 2 amide bonds. The van der Waals surface area contributed by atoms with Crippen LogP contribution in [-0.4, -0.2) is 57.9 Å². The van der Waals surface area contributed by atoms with Crippen LogP contribution in [0.1, 0.15) is 18.4 Å². The number of pyridine rings is 1. The van der Waals surface area contributed by atoms with Gasteiger partial charge in [-0.1, -0.05) is 6.07 Å². The molecule has 24 heavy (non-hydrogen) atoms. The van der Waals surface area contributed by atoms with E-state index < -0.39 is 0 Å². The van der Waals surface area contributed by atoms with Crippen molar-refractivity contribution in [2.24, 2.45) is 0 Å². The summed E-state index contributed by atoms with van der Waals surface area (Å²) in [5, 5.41) is 7.23. The van der Waals surface area contributed by atoms with Crippen LogP contribution in [0.2, 0.25) is 0 Å². The second-order valence-electron chi connectivity index (χ2n) is 6.48. The summed E-state index contributed by atoms with van der Waals surface area (Å²) in [6.45, 7) is 5.38. The number of aryl methyl sites for hydroxylation is 1. The summed E-state index contributed by atoms with van der Waals surface area (Å²) in [5.41, 5.74) is 1.11. The lowest BCUT2D eigenvalue weighted by Gasteiger charge is -2.37.